The Morgan fingerprint density at radius 2 is 2.04 bits per heavy atom. The van der Waals surface area contributed by atoms with E-state index in [1.807, 2.05) is 20.8 Å². The Kier molecular flexibility index (Phi) is 6.12. The minimum atomic E-state index is -0.902. The molecule has 1 aliphatic rings. The third-order valence-electron chi connectivity index (χ3n) is 4.37. The molecule has 2 rings (SSSR count). The molecule has 0 spiro atoms. The first-order valence-electron chi connectivity index (χ1n) is 8.51. The summed E-state index contributed by atoms with van der Waals surface area (Å²) in [5.41, 5.74) is 6.46. The average molecular weight is 347 g/mol. The van der Waals surface area contributed by atoms with Gasteiger partial charge >= 0.3 is 5.97 Å². The zero-order chi connectivity index (χ0) is 18.6. The Morgan fingerprint density at radius 1 is 1.32 bits per heavy atom. The molecule has 0 saturated carbocycles. The van der Waals surface area contributed by atoms with E-state index in [1.54, 1.807) is 17.0 Å². The molecule has 7 nitrogen and oxygen atoms in total. The van der Waals surface area contributed by atoms with Crippen LogP contribution in [0, 0.1) is 18.8 Å². The van der Waals surface area contributed by atoms with Gasteiger partial charge < -0.3 is 15.4 Å². The molecule has 2 atom stereocenters. The highest BCUT2D eigenvalue weighted by Crippen LogP contribution is 2.20. The van der Waals surface area contributed by atoms with Gasteiger partial charge in [0.05, 0.1) is 11.5 Å². The maximum absolute atomic E-state index is 12.8. The third-order valence-corrected chi connectivity index (χ3v) is 4.37. The smallest absolute Gasteiger partial charge is 0.340 e. The Bertz CT molecular complexity index is 642. The van der Waals surface area contributed by atoms with Crippen LogP contribution in [-0.4, -0.2) is 46.9 Å². The topological polar surface area (TPSA) is 103 Å². The van der Waals surface area contributed by atoms with Crippen molar-refractivity contribution in [1.29, 1.82) is 0 Å². The second-order valence-corrected chi connectivity index (χ2v) is 6.78. The van der Waals surface area contributed by atoms with Crippen LogP contribution in [0.3, 0.4) is 0 Å². The lowest BCUT2D eigenvalue weighted by Crippen LogP contribution is -2.50. The number of nitrogens with two attached hydrogens (primary N) is 1. The number of hydrogen-bond acceptors (Lipinski definition) is 5. The number of ether oxygens (including phenoxy) is 1. The number of carbonyl (C=O) groups excluding carboxylic acids is 3. The van der Waals surface area contributed by atoms with Crippen molar-refractivity contribution in [2.75, 3.05) is 13.1 Å². The van der Waals surface area contributed by atoms with Gasteiger partial charge in [0, 0.05) is 25.0 Å². The molecule has 7 heteroatoms. The SMILES string of the molecule is Cc1ccc(C(=O)O[C@@H](C(=O)N2CCC[C@@H](C(N)=O)C2)C(C)C)cn1. The molecule has 0 radical (unpaired) electrons. The molecular weight excluding hydrogens is 322 g/mol. The normalized spacial score (nSPS) is 18.7. The molecule has 0 unspecified atom stereocenters. The van der Waals surface area contributed by atoms with Crippen molar-refractivity contribution >= 4 is 17.8 Å². The summed E-state index contributed by atoms with van der Waals surface area (Å²) in [4.78, 5) is 42.2. The zero-order valence-corrected chi connectivity index (χ0v) is 14.9. The van der Waals surface area contributed by atoms with Crippen molar-refractivity contribution < 1.29 is 19.1 Å². The summed E-state index contributed by atoms with van der Waals surface area (Å²) in [6.07, 6.45) is 1.92. The summed E-state index contributed by atoms with van der Waals surface area (Å²) < 4.78 is 5.46. The zero-order valence-electron chi connectivity index (χ0n) is 14.9. The quantitative estimate of drug-likeness (QED) is 0.809. The Balaban J connectivity index is 2.08. The summed E-state index contributed by atoms with van der Waals surface area (Å²) in [7, 11) is 0. The molecule has 2 amide bonds. The molecule has 1 saturated heterocycles. The van der Waals surface area contributed by atoms with Gasteiger partial charge in [0.1, 0.15) is 0 Å². The number of rotatable bonds is 5. The molecule has 0 bridgehead atoms. The second kappa shape index (κ2) is 8.09. The van der Waals surface area contributed by atoms with Crippen LogP contribution < -0.4 is 5.73 Å². The van der Waals surface area contributed by atoms with Crippen LogP contribution in [-0.2, 0) is 14.3 Å². The molecule has 1 aromatic rings. The number of esters is 1. The lowest BCUT2D eigenvalue weighted by atomic mass is 9.96. The Morgan fingerprint density at radius 3 is 2.60 bits per heavy atom. The number of amides is 2. The number of nitrogens with zero attached hydrogens (tertiary/aromatic N) is 2. The van der Waals surface area contributed by atoms with Gasteiger partial charge in [-0.25, -0.2) is 4.79 Å². The predicted octanol–water partition coefficient (Wildman–Crippen LogP) is 1.30. The van der Waals surface area contributed by atoms with Gasteiger partial charge in [-0.15, -0.1) is 0 Å². The van der Waals surface area contributed by atoms with E-state index in [1.165, 1.54) is 6.20 Å². The van der Waals surface area contributed by atoms with Crippen molar-refractivity contribution in [2.24, 2.45) is 17.6 Å². The van der Waals surface area contributed by atoms with Gasteiger partial charge in [0.2, 0.25) is 5.91 Å². The predicted molar refractivity (Wildman–Crippen MR) is 91.5 cm³/mol. The van der Waals surface area contributed by atoms with Crippen molar-refractivity contribution in [2.45, 2.75) is 39.7 Å². The first-order chi connectivity index (χ1) is 11.8. The van der Waals surface area contributed by atoms with E-state index in [9.17, 15) is 14.4 Å². The highest BCUT2D eigenvalue weighted by molar-refractivity contribution is 5.92. The van der Waals surface area contributed by atoms with E-state index in [2.05, 4.69) is 4.98 Å². The van der Waals surface area contributed by atoms with Gasteiger partial charge in [-0.05, 0) is 37.8 Å². The number of hydrogen-bond donors (Lipinski definition) is 1. The van der Waals surface area contributed by atoms with Crippen LogP contribution in [0.2, 0.25) is 0 Å². The monoisotopic (exact) mass is 347 g/mol. The van der Waals surface area contributed by atoms with E-state index in [-0.39, 0.29) is 24.3 Å². The van der Waals surface area contributed by atoms with Crippen LogP contribution in [0.1, 0.15) is 42.7 Å². The van der Waals surface area contributed by atoms with Crippen molar-refractivity contribution in [3.63, 3.8) is 0 Å². The largest absolute Gasteiger partial charge is 0.448 e. The van der Waals surface area contributed by atoms with Crippen LogP contribution in [0.5, 0.6) is 0 Å². The number of carbonyl (C=O) groups is 3. The average Bonchev–Trinajstić information content (AvgIpc) is 2.59. The van der Waals surface area contributed by atoms with Crippen LogP contribution in [0.4, 0.5) is 0 Å². The maximum Gasteiger partial charge on any atom is 0.340 e. The van der Waals surface area contributed by atoms with Gasteiger partial charge in [-0.1, -0.05) is 13.8 Å². The van der Waals surface area contributed by atoms with E-state index in [0.717, 1.165) is 5.69 Å². The molecule has 1 fully saturated rings. The van der Waals surface area contributed by atoms with Crippen LogP contribution in [0.25, 0.3) is 0 Å². The minimum Gasteiger partial charge on any atom is -0.448 e. The minimum absolute atomic E-state index is 0.191. The number of primary amides is 1. The highest BCUT2D eigenvalue weighted by Gasteiger charge is 2.34. The van der Waals surface area contributed by atoms with E-state index in [4.69, 9.17) is 10.5 Å². The summed E-state index contributed by atoms with van der Waals surface area (Å²) in [6, 6.07) is 3.33. The lowest BCUT2D eigenvalue weighted by molar-refractivity contribution is -0.145. The van der Waals surface area contributed by atoms with E-state index in [0.29, 0.717) is 24.9 Å². The molecule has 136 valence electrons. The molecule has 2 heterocycles. The molecule has 0 aromatic carbocycles. The fraction of sp³-hybridized carbons (Fsp3) is 0.556. The summed E-state index contributed by atoms with van der Waals surface area (Å²) in [5, 5.41) is 0. The molecule has 1 aliphatic heterocycles. The standard InChI is InChI=1S/C18H25N3O4/c1-11(2)15(25-18(24)13-7-6-12(3)20-9-13)17(23)21-8-4-5-14(10-21)16(19)22/h6-7,9,11,14-15H,4-5,8,10H2,1-3H3,(H2,19,22)/t14-,15-/m1/s1. The maximum atomic E-state index is 12.8. The molecular formula is C18H25N3O4. The summed E-state index contributed by atoms with van der Waals surface area (Å²) >= 11 is 0. The lowest BCUT2D eigenvalue weighted by Gasteiger charge is -2.34. The molecule has 0 aliphatic carbocycles. The van der Waals surface area contributed by atoms with Crippen LogP contribution in [0.15, 0.2) is 18.3 Å². The van der Waals surface area contributed by atoms with Crippen molar-refractivity contribution in [3.05, 3.63) is 29.6 Å². The molecule has 25 heavy (non-hydrogen) atoms. The summed E-state index contributed by atoms with van der Waals surface area (Å²) in [5.74, 6) is -1.80. The molecule has 2 N–H and O–H groups in total. The van der Waals surface area contributed by atoms with Crippen molar-refractivity contribution in [1.82, 2.24) is 9.88 Å². The third kappa shape index (κ3) is 4.78. The fourth-order valence-electron chi connectivity index (χ4n) is 2.83. The number of aryl methyl sites for hydroxylation is 1. The van der Waals surface area contributed by atoms with E-state index < -0.39 is 18.0 Å². The van der Waals surface area contributed by atoms with Gasteiger partial charge in [-0.3, -0.25) is 14.6 Å². The van der Waals surface area contributed by atoms with Crippen molar-refractivity contribution in [3.8, 4) is 0 Å². The fourth-order valence-corrected chi connectivity index (χ4v) is 2.83. The number of aromatic nitrogens is 1. The number of likely N-dealkylation sites (tertiary alicyclic amines) is 1. The Hall–Kier alpha value is -2.44. The van der Waals surface area contributed by atoms with Crippen LogP contribution >= 0.6 is 0 Å². The highest BCUT2D eigenvalue weighted by atomic mass is 16.5. The number of piperidine rings is 1. The first kappa shape index (κ1) is 18.9. The molecule has 1 aromatic heterocycles. The van der Waals surface area contributed by atoms with Gasteiger partial charge in [-0.2, -0.15) is 0 Å². The second-order valence-electron chi connectivity index (χ2n) is 6.78. The number of pyridine rings is 1. The van der Waals surface area contributed by atoms with E-state index >= 15 is 0 Å². The summed E-state index contributed by atoms with van der Waals surface area (Å²) in [6.45, 7) is 6.27. The van der Waals surface area contributed by atoms with Gasteiger partial charge in [0.15, 0.2) is 6.10 Å². The van der Waals surface area contributed by atoms with Gasteiger partial charge in [0.25, 0.3) is 5.91 Å². The first-order valence-corrected chi connectivity index (χ1v) is 8.51. The Labute approximate surface area is 147 Å².